The number of nitrogens with zero attached hydrogens (tertiary/aromatic N) is 2. The minimum absolute atomic E-state index is 0.0320. The van der Waals surface area contributed by atoms with E-state index in [-0.39, 0.29) is 27.9 Å². The number of amides is 2. The third-order valence-corrected chi connectivity index (χ3v) is 4.82. The van der Waals surface area contributed by atoms with Crippen LogP contribution >= 0.6 is 27.5 Å². The molecule has 28 heavy (non-hydrogen) atoms. The highest BCUT2D eigenvalue weighted by molar-refractivity contribution is 9.10. The van der Waals surface area contributed by atoms with Crippen molar-refractivity contribution in [1.29, 1.82) is 0 Å². The van der Waals surface area contributed by atoms with E-state index in [4.69, 9.17) is 11.6 Å². The molecule has 0 spiro atoms. The average molecular weight is 464 g/mol. The minimum atomic E-state index is -0.648. The molecule has 0 aliphatic rings. The van der Waals surface area contributed by atoms with Gasteiger partial charge in [-0.1, -0.05) is 45.7 Å². The van der Waals surface area contributed by atoms with Crippen molar-refractivity contribution in [3.05, 3.63) is 73.6 Å². The third-order valence-electron chi connectivity index (χ3n) is 4.00. The van der Waals surface area contributed by atoms with Crippen molar-refractivity contribution in [3.63, 3.8) is 0 Å². The van der Waals surface area contributed by atoms with Gasteiger partial charge in [0.25, 0.3) is 17.4 Å². The number of halogens is 2. The van der Waals surface area contributed by atoms with Crippen molar-refractivity contribution in [2.75, 3.05) is 0 Å². The maximum atomic E-state index is 12.7. The molecule has 9 heteroatoms. The van der Waals surface area contributed by atoms with E-state index >= 15 is 0 Å². The fourth-order valence-corrected chi connectivity index (χ4v) is 3.20. The Hall–Kier alpha value is -2.71. The number of hydrogen-bond donors (Lipinski definition) is 2. The van der Waals surface area contributed by atoms with Gasteiger partial charge in [0.15, 0.2) is 5.69 Å². The number of benzene rings is 2. The summed E-state index contributed by atoms with van der Waals surface area (Å²) in [5.41, 5.74) is 4.60. The van der Waals surface area contributed by atoms with Crippen LogP contribution in [0, 0.1) is 0 Å². The highest BCUT2D eigenvalue weighted by Gasteiger charge is 2.19. The molecule has 1 aromatic heterocycles. The zero-order valence-electron chi connectivity index (χ0n) is 15.0. The van der Waals surface area contributed by atoms with E-state index in [1.165, 1.54) is 10.7 Å². The Kier molecular flexibility index (Phi) is 5.81. The van der Waals surface area contributed by atoms with E-state index in [1.807, 2.05) is 0 Å². The zero-order chi connectivity index (χ0) is 20.4. The lowest BCUT2D eigenvalue weighted by molar-refractivity contribution is 0.0843. The lowest BCUT2D eigenvalue weighted by Crippen LogP contribution is -2.43. The van der Waals surface area contributed by atoms with Gasteiger partial charge < -0.3 is 0 Å². The standard InChI is InChI=1S/C19H16BrClN4O3/c1-10(2)25-19(28)13-6-4-3-5-12(13)16(24-25)18(27)23-22-17(26)14-9-11(20)7-8-15(14)21/h3-10H,1-2H3,(H,22,26)(H,23,27). The first-order valence-corrected chi connectivity index (χ1v) is 9.54. The van der Waals surface area contributed by atoms with E-state index in [0.29, 0.717) is 15.2 Å². The molecule has 2 amide bonds. The van der Waals surface area contributed by atoms with Crippen LogP contribution in [-0.2, 0) is 0 Å². The van der Waals surface area contributed by atoms with Crippen LogP contribution < -0.4 is 16.4 Å². The molecule has 3 aromatic rings. The Morgan fingerprint density at radius 3 is 2.39 bits per heavy atom. The van der Waals surface area contributed by atoms with Gasteiger partial charge in [0, 0.05) is 9.86 Å². The molecule has 0 aliphatic heterocycles. The molecule has 0 bridgehead atoms. The van der Waals surface area contributed by atoms with Gasteiger partial charge in [-0.2, -0.15) is 5.10 Å². The van der Waals surface area contributed by atoms with Crippen LogP contribution in [0.2, 0.25) is 5.02 Å². The molecule has 1 heterocycles. The van der Waals surface area contributed by atoms with Crippen molar-refractivity contribution in [1.82, 2.24) is 20.6 Å². The number of rotatable bonds is 3. The summed E-state index contributed by atoms with van der Waals surface area (Å²) in [6.07, 6.45) is 0. The number of nitrogens with one attached hydrogen (secondary N) is 2. The molecule has 7 nitrogen and oxygen atoms in total. The molecule has 0 aliphatic carbocycles. The zero-order valence-corrected chi connectivity index (χ0v) is 17.3. The minimum Gasteiger partial charge on any atom is -0.267 e. The summed E-state index contributed by atoms with van der Waals surface area (Å²) in [6.45, 7) is 3.59. The topological polar surface area (TPSA) is 93.1 Å². The molecular weight excluding hydrogens is 448 g/mol. The molecule has 0 fully saturated rings. The van der Waals surface area contributed by atoms with Crippen molar-refractivity contribution < 1.29 is 9.59 Å². The summed E-state index contributed by atoms with van der Waals surface area (Å²) in [6, 6.07) is 11.3. The molecular formula is C19H16BrClN4O3. The SMILES string of the molecule is CC(C)n1nc(C(=O)NNC(=O)c2cc(Br)ccc2Cl)c2ccccc2c1=O. The number of carbonyl (C=O) groups excluding carboxylic acids is 2. The number of hydrogen-bond acceptors (Lipinski definition) is 4. The molecule has 2 N–H and O–H groups in total. The van der Waals surface area contributed by atoms with Gasteiger partial charge in [0.2, 0.25) is 0 Å². The highest BCUT2D eigenvalue weighted by Crippen LogP contribution is 2.20. The van der Waals surface area contributed by atoms with Crippen LogP contribution in [0.5, 0.6) is 0 Å². The Morgan fingerprint density at radius 2 is 1.71 bits per heavy atom. The largest absolute Gasteiger partial charge is 0.290 e. The normalized spacial score (nSPS) is 10.9. The molecule has 2 aromatic carbocycles. The molecule has 0 saturated heterocycles. The predicted molar refractivity (Wildman–Crippen MR) is 110 cm³/mol. The van der Waals surface area contributed by atoms with Crippen LogP contribution in [0.25, 0.3) is 10.8 Å². The second-order valence-electron chi connectivity index (χ2n) is 6.27. The van der Waals surface area contributed by atoms with Crippen molar-refractivity contribution in [2.45, 2.75) is 19.9 Å². The quantitative estimate of drug-likeness (QED) is 0.582. The second-order valence-corrected chi connectivity index (χ2v) is 7.59. The number of fused-ring (bicyclic) bond motifs is 1. The van der Waals surface area contributed by atoms with Crippen LogP contribution in [-0.4, -0.2) is 21.6 Å². The van der Waals surface area contributed by atoms with E-state index < -0.39 is 11.8 Å². The second kappa shape index (κ2) is 8.12. The van der Waals surface area contributed by atoms with Crippen LogP contribution in [0.1, 0.15) is 40.7 Å². The van der Waals surface area contributed by atoms with Crippen molar-refractivity contribution >= 4 is 50.1 Å². The predicted octanol–water partition coefficient (Wildman–Crippen LogP) is 3.47. The maximum Gasteiger partial charge on any atom is 0.290 e. The summed E-state index contributed by atoms with van der Waals surface area (Å²) in [5, 5.41) is 5.20. The Labute approximate surface area is 173 Å². The summed E-state index contributed by atoms with van der Waals surface area (Å²) < 4.78 is 1.91. The van der Waals surface area contributed by atoms with Gasteiger partial charge in [0.05, 0.1) is 22.0 Å². The average Bonchev–Trinajstić information content (AvgIpc) is 2.68. The first-order valence-electron chi connectivity index (χ1n) is 8.37. The molecule has 0 atom stereocenters. The fourth-order valence-electron chi connectivity index (χ4n) is 2.64. The Morgan fingerprint density at radius 1 is 1.07 bits per heavy atom. The monoisotopic (exact) mass is 462 g/mol. The first kappa shape index (κ1) is 20.0. The van der Waals surface area contributed by atoms with E-state index in [2.05, 4.69) is 31.9 Å². The number of aromatic nitrogens is 2. The summed E-state index contributed by atoms with van der Waals surface area (Å²) >= 11 is 9.30. The molecule has 0 radical (unpaired) electrons. The summed E-state index contributed by atoms with van der Waals surface area (Å²) in [4.78, 5) is 37.6. The van der Waals surface area contributed by atoms with Crippen LogP contribution in [0.4, 0.5) is 0 Å². The molecule has 144 valence electrons. The van der Waals surface area contributed by atoms with Gasteiger partial charge in [-0.15, -0.1) is 0 Å². The van der Waals surface area contributed by atoms with E-state index in [0.717, 1.165) is 0 Å². The summed E-state index contributed by atoms with van der Waals surface area (Å²) in [7, 11) is 0. The Balaban J connectivity index is 1.92. The van der Waals surface area contributed by atoms with Gasteiger partial charge in [-0.3, -0.25) is 25.2 Å². The smallest absolute Gasteiger partial charge is 0.267 e. The van der Waals surface area contributed by atoms with Gasteiger partial charge >= 0.3 is 0 Å². The van der Waals surface area contributed by atoms with E-state index in [9.17, 15) is 14.4 Å². The lowest BCUT2D eigenvalue weighted by Gasteiger charge is -2.14. The lowest BCUT2D eigenvalue weighted by atomic mass is 10.1. The number of hydrazine groups is 1. The molecule has 0 saturated carbocycles. The molecule has 0 unspecified atom stereocenters. The maximum absolute atomic E-state index is 12.7. The first-order chi connectivity index (χ1) is 13.3. The van der Waals surface area contributed by atoms with Gasteiger partial charge in [0.1, 0.15) is 0 Å². The fraction of sp³-hybridized carbons (Fsp3) is 0.158. The number of carbonyl (C=O) groups is 2. The van der Waals surface area contributed by atoms with Crippen molar-refractivity contribution in [2.24, 2.45) is 0 Å². The highest BCUT2D eigenvalue weighted by atomic mass is 79.9. The third kappa shape index (κ3) is 3.93. The van der Waals surface area contributed by atoms with Gasteiger partial charge in [-0.05, 0) is 38.1 Å². The van der Waals surface area contributed by atoms with Crippen LogP contribution in [0.3, 0.4) is 0 Å². The van der Waals surface area contributed by atoms with Crippen LogP contribution in [0.15, 0.2) is 51.7 Å². The molecule has 3 rings (SSSR count). The van der Waals surface area contributed by atoms with E-state index in [1.54, 1.807) is 50.2 Å². The van der Waals surface area contributed by atoms with Gasteiger partial charge in [-0.25, -0.2) is 4.68 Å². The Bertz CT molecular complexity index is 1140. The summed E-state index contributed by atoms with van der Waals surface area (Å²) in [5.74, 6) is -1.23. The van der Waals surface area contributed by atoms with Crippen molar-refractivity contribution in [3.8, 4) is 0 Å².